The van der Waals surface area contributed by atoms with Crippen molar-refractivity contribution in [3.05, 3.63) is 57.0 Å². The van der Waals surface area contributed by atoms with E-state index in [4.69, 9.17) is 0 Å². The molecular formula is C18H20FN3O2S. The lowest BCUT2D eigenvalue weighted by atomic mass is 10.1. The van der Waals surface area contributed by atoms with Gasteiger partial charge in [-0.1, -0.05) is 6.07 Å². The number of carbonyl (C=O) groups is 2. The molecule has 1 aromatic heterocycles. The van der Waals surface area contributed by atoms with Crippen molar-refractivity contribution in [2.24, 2.45) is 0 Å². The molecule has 0 bridgehead atoms. The summed E-state index contributed by atoms with van der Waals surface area (Å²) in [6.45, 7) is 3.59. The van der Waals surface area contributed by atoms with Gasteiger partial charge in [-0.05, 0) is 48.1 Å². The zero-order valence-corrected chi connectivity index (χ0v) is 14.8. The van der Waals surface area contributed by atoms with Crippen molar-refractivity contribution in [3.8, 4) is 0 Å². The molecule has 1 aliphatic rings. The zero-order chi connectivity index (χ0) is 17.8. The fraction of sp³-hybridized carbons (Fsp3) is 0.333. The maximum absolute atomic E-state index is 13.5. The maximum atomic E-state index is 13.5. The number of hydrogen-bond donors (Lipinski definition) is 2. The van der Waals surface area contributed by atoms with Crippen molar-refractivity contribution in [2.75, 3.05) is 19.6 Å². The molecule has 0 atom stereocenters. The van der Waals surface area contributed by atoms with Gasteiger partial charge in [0.2, 0.25) is 0 Å². The summed E-state index contributed by atoms with van der Waals surface area (Å²) in [4.78, 5) is 27.3. The third kappa shape index (κ3) is 4.17. The fourth-order valence-electron chi connectivity index (χ4n) is 2.72. The Morgan fingerprint density at radius 1 is 1.24 bits per heavy atom. The third-order valence-electron chi connectivity index (χ3n) is 4.22. The number of benzene rings is 1. The molecule has 0 spiro atoms. The molecule has 5 nitrogen and oxygen atoms in total. The van der Waals surface area contributed by atoms with Crippen LogP contribution in [0.5, 0.6) is 0 Å². The van der Waals surface area contributed by atoms with E-state index in [0.29, 0.717) is 25.2 Å². The van der Waals surface area contributed by atoms with Gasteiger partial charge in [0.15, 0.2) is 0 Å². The lowest BCUT2D eigenvalue weighted by molar-refractivity contribution is 0.0953. The molecule has 3 amide bonds. The summed E-state index contributed by atoms with van der Waals surface area (Å²) in [6, 6.07) is 6.29. The number of urea groups is 1. The Morgan fingerprint density at radius 2 is 2.04 bits per heavy atom. The number of halogens is 1. The van der Waals surface area contributed by atoms with E-state index in [-0.39, 0.29) is 24.0 Å². The SMILES string of the molecule is Cc1ccc(C(=O)NCCNC(=O)N2CCc3sccc3C2)cc1F. The minimum atomic E-state index is -0.404. The van der Waals surface area contributed by atoms with Gasteiger partial charge in [0.05, 0.1) is 0 Å². The summed E-state index contributed by atoms with van der Waals surface area (Å²) < 4.78 is 13.5. The Balaban J connectivity index is 1.41. The number of nitrogens with zero attached hydrogens (tertiary/aromatic N) is 1. The van der Waals surface area contributed by atoms with E-state index >= 15 is 0 Å². The van der Waals surface area contributed by atoms with Gasteiger partial charge < -0.3 is 15.5 Å². The second-order valence-electron chi connectivity index (χ2n) is 5.99. The molecule has 0 saturated carbocycles. The number of nitrogens with one attached hydrogen (secondary N) is 2. The predicted octanol–water partition coefficient (Wildman–Crippen LogP) is 2.69. The Bertz CT molecular complexity index is 790. The summed E-state index contributed by atoms with van der Waals surface area (Å²) in [5.74, 6) is -0.757. The van der Waals surface area contributed by atoms with Gasteiger partial charge in [-0.2, -0.15) is 0 Å². The highest BCUT2D eigenvalue weighted by Crippen LogP contribution is 2.23. The molecule has 25 heavy (non-hydrogen) atoms. The lowest BCUT2D eigenvalue weighted by Crippen LogP contribution is -2.44. The Morgan fingerprint density at radius 3 is 2.84 bits per heavy atom. The van der Waals surface area contributed by atoms with Gasteiger partial charge in [0, 0.05) is 36.6 Å². The molecule has 132 valence electrons. The molecule has 1 aromatic carbocycles. The van der Waals surface area contributed by atoms with Gasteiger partial charge in [0.25, 0.3) is 5.91 Å². The van der Waals surface area contributed by atoms with Crippen molar-refractivity contribution in [2.45, 2.75) is 19.9 Å². The molecule has 7 heteroatoms. The van der Waals surface area contributed by atoms with E-state index < -0.39 is 5.82 Å². The average molecular weight is 361 g/mol. The summed E-state index contributed by atoms with van der Waals surface area (Å²) >= 11 is 1.73. The number of fused-ring (bicyclic) bond motifs is 1. The largest absolute Gasteiger partial charge is 0.350 e. The van der Waals surface area contributed by atoms with Crippen LogP contribution in [0.15, 0.2) is 29.6 Å². The molecule has 2 N–H and O–H groups in total. The smallest absolute Gasteiger partial charge is 0.317 e. The van der Waals surface area contributed by atoms with Crippen LogP contribution in [0, 0.1) is 12.7 Å². The zero-order valence-electron chi connectivity index (χ0n) is 14.0. The molecule has 2 aromatic rings. The number of rotatable bonds is 4. The topological polar surface area (TPSA) is 61.4 Å². The second-order valence-corrected chi connectivity index (χ2v) is 6.99. The fourth-order valence-corrected chi connectivity index (χ4v) is 3.60. The van der Waals surface area contributed by atoms with E-state index in [1.807, 2.05) is 0 Å². The van der Waals surface area contributed by atoms with Crippen LogP contribution in [0.4, 0.5) is 9.18 Å². The van der Waals surface area contributed by atoms with Crippen molar-refractivity contribution < 1.29 is 14.0 Å². The van der Waals surface area contributed by atoms with E-state index in [1.165, 1.54) is 16.5 Å². The highest BCUT2D eigenvalue weighted by molar-refractivity contribution is 7.10. The normalized spacial score (nSPS) is 13.3. The maximum Gasteiger partial charge on any atom is 0.317 e. The minimum Gasteiger partial charge on any atom is -0.350 e. The lowest BCUT2D eigenvalue weighted by Gasteiger charge is -2.27. The van der Waals surface area contributed by atoms with E-state index in [0.717, 1.165) is 6.42 Å². The first-order valence-corrected chi connectivity index (χ1v) is 9.05. The summed E-state index contributed by atoms with van der Waals surface area (Å²) in [7, 11) is 0. The Kier molecular flexibility index (Phi) is 5.33. The molecule has 0 saturated heterocycles. The van der Waals surface area contributed by atoms with Crippen molar-refractivity contribution in [1.29, 1.82) is 0 Å². The van der Waals surface area contributed by atoms with Crippen molar-refractivity contribution in [1.82, 2.24) is 15.5 Å². The van der Waals surface area contributed by atoms with E-state index in [1.54, 1.807) is 35.3 Å². The molecule has 0 aliphatic carbocycles. The molecule has 1 aliphatic heterocycles. The highest BCUT2D eigenvalue weighted by Gasteiger charge is 2.21. The Hall–Kier alpha value is -2.41. The molecule has 2 heterocycles. The number of hydrogen-bond acceptors (Lipinski definition) is 3. The van der Waals surface area contributed by atoms with Crippen LogP contribution < -0.4 is 10.6 Å². The van der Waals surface area contributed by atoms with Gasteiger partial charge in [-0.25, -0.2) is 9.18 Å². The van der Waals surface area contributed by atoms with Crippen LogP contribution >= 0.6 is 11.3 Å². The number of aryl methyl sites for hydroxylation is 1. The van der Waals surface area contributed by atoms with Crippen LogP contribution in [0.3, 0.4) is 0 Å². The van der Waals surface area contributed by atoms with E-state index in [2.05, 4.69) is 22.1 Å². The number of amides is 3. The molecule has 0 unspecified atom stereocenters. The van der Waals surface area contributed by atoms with E-state index in [9.17, 15) is 14.0 Å². The summed E-state index contributed by atoms with van der Waals surface area (Å²) in [5, 5.41) is 7.53. The first kappa shape index (κ1) is 17.4. The first-order valence-electron chi connectivity index (χ1n) is 8.17. The molecular weight excluding hydrogens is 341 g/mol. The third-order valence-corrected chi connectivity index (χ3v) is 5.24. The first-order chi connectivity index (χ1) is 12.0. The van der Waals surface area contributed by atoms with Crippen LogP contribution in [-0.4, -0.2) is 36.5 Å². The summed E-state index contributed by atoms with van der Waals surface area (Å²) in [5.41, 5.74) is 1.98. The monoisotopic (exact) mass is 361 g/mol. The van der Waals surface area contributed by atoms with Crippen LogP contribution in [0.1, 0.15) is 26.4 Å². The minimum absolute atomic E-state index is 0.132. The predicted molar refractivity (Wildman–Crippen MR) is 95.3 cm³/mol. The van der Waals surface area contributed by atoms with Gasteiger partial charge in [-0.15, -0.1) is 11.3 Å². The number of carbonyl (C=O) groups excluding carboxylic acids is 2. The second kappa shape index (κ2) is 7.65. The van der Waals surface area contributed by atoms with Gasteiger partial charge >= 0.3 is 6.03 Å². The Labute approximate surface area is 149 Å². The molecule has 3 rings (SSSR count). The van der Waals surface area contributed by atoms with Crippen LogP contribution in [0.2, 0.25) is 0 Å². The molecule has 0 radical (unpaired) electrons. The van der Waals surface area contributed by atoms with Crippen molar-refractivity contribution in [3.63, 3.8) is 0 Å². The average Bonchev–Trinajstić information content (AvgIpc) is 3.08. The summed E-state index contributed by atoms with van der Waals surface area (Å²) in [6.07, 6.45) is 0.885. The highest BCUT2D eigenvalue weighted by atomic mass is 32.1. The van der Waals surface area contributed by atoms with Crippen LogP contribution in [0.25, 0.3) is 0 Å². The standard InChI is InChI=1S/C18H20FN3O2S/c1-12-2-3-13(10-15(12)19)17(23)20-6-7-21-18(24)22-8-4-16-14(11-22)5-9-25-16/h2-3,5,9-10H,4,6-8,11H2,1H3,(H,20,23)(H,21,24). The van der Waals surface area contributed by atoms with Gasteiger partial charge in [0.1, 0.15) is 5.82 Å². The van der Waals surface area contributed by atoms with Gasteiger partial charge in [-0.3, -0.25) is 4.79 Å². The van der Waals surface area contributed by atoms with Crippen molar-refractivity contribution >= 4 is 23.3 Å². The van der Waals surface area contributed by atoms with Crippen LogP contribution in [-0.2, 0) is 13.0 Å². The molecule has 0 fully saturated rings. The quantitative estimate of drug-likeness (QED) is 0.823. The number of thiophene rings is 1.